The maximum Gasteiger partial charge on any atom is 0.223 e. The van der Waals surface area contributed by atoms with Gasteiger partial charge in [-0.15, -0.1) is 0 Å². The van der Waals surface area contributed by atoms with E-state index in [2.05, 4.69) is 11.0 Å². The zero-order chi connectivity index (χ0) is 21.8. The van der Waals surface area contributed by atoms with Crippen molar-refractivity contribution >= 4 is 11.7 Å². The molecule has 31 heavy (non-hydrogen) atoms. The Labute approximate surface area is 183 Å². The van der Waals surface area contributed by atoms with Crippen LogP contribution in [0.4, 0.5) is 0 Å². The maximum atomic E-state index is 12.6. The second kappa shape index (κ2) is 9.52. The summed E-state index contributed by atoms with van der Waals surface area (Å²) < 4.78 is 11.2. The molecule has 1 fully saturated rings. The van der Waals surface area contributed by atoms with Crippen molar-refractivity contribution in [3.8, 4) is 11.5 Å². The van der Waals surface area contributed by atoms with Gasteiger partial charge >= 0.3 is 0 Å². The molecule has 0 aliphatic carbocycles. The van der Waals surface area contributed by atoms with Gasteiger partial charge in [-0.2, -0.15) is 0 Å². The first kappa shape index (κ1) is 21.4. The van der Waals surface area contributed by atoms with Crippen LogP contribution in [0, 0.1) is 13.8 Å². The van der Waals surface area contributed by atoms with Gasteiger partial charge in [-0.05, 0) is 48.7 Å². The largest absolute Gasteiger partial charge is 0.486 e. The van der Waals surface area contributed by atoms with E-state index in [0.29, 0.717) is 31.9 Å². The van der Waals surface area contributed by atoms with Gasteiger partial charge in [0.05, 0.1) is 0 Å². The summed E-state index contributed by atoms with van der Waals surface area (Å²) in [5, 5.41) is 0. The molecule has 0 unspecified atom stereocenters. The molecule has 6 nitrogen and oxygen atoms in total. The van der Waals surface area contributed by atoms with Crippen LogP contribution in [0.3, 0.4) is 0 Å². The monoisotopic (exact) mass is 422 g/mol. The van der Waals surface area contributed by atoms with Gasteiger partial charge in [0.1, 0.15) is 13.2 Å². The number of piperazine rings is 1. The molecule has 164 valence electrons. The van der Waals surface area contributed by atoms with Crippen molar-refractivity contribution in [3.05, 3.63) is 58.7 Å². The molecule has 0 spiro atoms. The fraction of sp³-hybridized carbons (Fsp3) is 0.440. The van der Waals surface area contributed by atoms with Gasteiger partial charge in [0, 0.05) is 51.1 Å². The number of hydrogen-bond donors (Lipinski definition) is 0. The summed E-state index contributed by atoms with van der Waals surface area (Å²) in [7, 11) is 0. The Morgan fingerprint density at radius 3 is 2.32 bits per heavy atom. The number of ketones is 1. The minimum Gasteiger partial charge on any atom is -0.486 e. The molecule has 0 radical (unpaired) electrons. The molecule has 2 aromatic carbocycles. The highest BCUT2D eigenvalue weighted by molar-refractivity contribution is 5.98. The van der Waals surface area contributed by atoms with Gasteiger partial charge in [-0.1, -0.05) is 18.2 Å². The first-order valence-corrected chi connectivity index (χ1v) is 11.0. The van der Waals surface area contributed by atoms with Gasteiger partial charge in [-0.25, -0.2) is 0 Å². The SMILES string of the molecule is Cc1ccc(C(=O)CCC(=O)N2CCN(Cc3ccc4c(c3)OCCO4)CC2)cc1C. The van der Waals surface area contributed by atoms with E-state index in [4.69, 9.17) is 9.47 Å². The summed E-state index contributed by atoms with van der Waals surface area (Å²) >= 11 is 0. The van der Waals surface area contributed by atoms with Gasteiger partial charge in [-0.3, -0.25) is 14.5 Å². The third-order valence-electron chi connectivity index (χ3n) is 6.13. The van der Waals surface area contributed by atoms with Crippen LogP contribution < -0.4 is 9.47 Å². The number of fused-ring (bicyclic) bond motifs is 1. The lowest BCUT2D eigenvalue weighted by Crippen LogP contribution is -2.48. The second-order valence-corrected chi connectivity index (χ2v) is 8.36. The smallest absolute Gasteiger partial charge is 0.223 e. The van der Waals surface area contributed by atoms with E-state index in [1.165, 1.54) is 11.1 Å². The second-order valence-electron chi connectivity index (χ2n) is 8.36. The Morgan fingerprint density at radius 2 is 1.58 bits per heavy atom. The predicted molar refractivity (Wildman–Crippen MR) is 119 cm³/mol. The Morgan fingerprint density at radius 1 is 0.839 bits per heavy atom. The zero-order valence-electron chi connectivity index (χ0n) is 18.4. The third kappa shape index (κ3) is 5.25. The van der Waals surface area contributed by atoms with E-state index < -0.39 is 0 Å². The van der Waals surface area contributed by atoms with Gasteiger partial charge in [0.15, 0.2) is 17.3 Å². The average Bonchev–Trinajstić information content (AvgIpc) is 2.79. The molecule has 0 bridgehead atoms. The first-order valence-electron chi connectivity index (χ1n) is 11.0. The molecule has 2 heterocycles. The number of nitrogens with zero attached hydrogens (tertiary/aromatic N) is 2. The molecular formula is C25H30N2O4. The van der Waals surface area contributed by atoms with Gasteiger partial charge in [0.2, 0.25) is 5.91 Å². The van der Waals surface area contributed by atoms with E-state index >= 15 is 0 Å². The number of rotatable bonds is 6. The summed E-state index contributed by atoms with van der Waals surface area (Å²) in [5.74, 6) is 1.72. The number of carbonyl (C=O) groups is 2. The first-order chi connectivity index (χ1) is 15.0. The Hall–Kier alpha value is -2.86. The summed E-state index contributed by atoms with van der Waals surface area (Å²) in [6.07, 6.45) is 0.534. The number of benzene rings is 2. The molecule has 0 N–H and O–H groups in total. The predicted octanol–water partition coefficient (Wildman–Crippen LogP) is 3.38. The molecule has 0 aromatic heterocycles. The number of carbonyl (C=O) groups excluding carboxylic acids is 2. The van der Waals surface area contributed by atoms with Crippen molar-refractivity contribution < 1.29 is 19.1 Å². The van der Waals surface area contributed by atoms with Crippen molar-refractivity contribution in [2.75, 3.05) is 39.4 Å². The molecule has 0 atom stereocenters. The van der Waals surface area contributed by atoms with Crippen LogP contribution in [0.2, 0.25) is 0 Å². The normalized spacial score (nSPS) is 16.3. The Balaban J connectivity index is 1.23. The lowest BCUT2D eigenvalue weighted by atomic mass is 10.0. The Kier molecular flexibility index (Phi) is 6.56. The lowest BCUT2D eigenvalue weighted by molar-refractivity contribution is -0.132. The van der Waals surface area contributed by atoms with E-state index in [1.54, 1.807) is 0 Å². The lowest BCUT2D eigenvalue weighted by Gasteiger charge is -2.35. The highest BCUT2D eigenvalue weighted by atomic mass is 16.6. The van der Waals surface area contributed by atoms with Crippen molar-refractivity contribution in [2.45, 2.75) is 33.2 Å². The van der Waals surface area contributed by atoms with Crippen LogP contribution in [-0.2, 0) is 11.3 Å². The van der Waals surface area contributed by atoms with Crippen LogP contribution in [0.1, 0.15) is 39.9 Å². The van der Waals surface area contributed by atoms with Gasteiger partial charge in [0.25, 0.3) is 0 Å². The number of ether oxygens (including phenoxy) is 2. The summed E-state index contributed by atoms with van der Waals surface area (Å²) in [5.41, 5.74) is 4.15. The van der Waals surface area contributed by atoms with Crippen molar-refractivity contribution in [1.82, 2.24) is 9.80 Å². The van der Waals surface area contributed by atoms with Crippen molar-refractivity contribution in [2.24, 2.45) is 0 Å². The molecule has 1 saturated heterocycles. The molecule has 2 aliphatic heterocycles. The van der Waals surface area contributed by atoms with Gasteiger partial charge < -0.3 is 14.4 Å². The highest BCUT2D eigenvalue weighted by Crippen LogP contribution is 2.31. The molecule has 4 rings (SSSR count). The summed E-state index contributed by atoms with van der Waals surface area (Å²) in [6.45, 7) is 9.08. The molecular weight excluding hydrogens is 392 g/mol. The Bertz CT molecular complexity index is 964. The van der Waals surface area contributed by atoms with Crippen molar-refractivity contribution in [1.29, 1.82) is 0 Å². The van der Waals surface area contributed by atoms with Crippen LogP contribution in [0.5, 0.6) is 11.5 Å². The molecule has 1 amide bonds. The van der Waals surface area contributed by atoms with Crippen molar-refractivity contribution in [3.63, 3.8) is 0 Å². The standard InChI is InChI=1S/C25H30N2O4/c1-18-3-5-21(15-19(18)2)22(28)6-8-25(29)27-11-9-26(10-12-27)17-20-4-7-23-24(16-20)31-14-13-30-23/h3-5,7,15-16H,6,8-14,17H2,1-2H3. The number of hydrogen-bond acceptors (Lipinski definition) is 5. The molecule has 6 heteroatoms. The molecule has 2 aliphatic rings. The third-order valence-corrected chi connectivity index (χ3v) is 6.13. The fourth-order valence-electron chi connectivity index (χ4n) is 4.04. The quantitative estimate of drug-likeness (QED) is 0.668. The van der Waals surface area contributed by atoms with E-state index in [0.717, 1.165) is 36.7 Å². The minimum atomic E-state index is 0.0358. The minimum absolute atomic E-state index is 0.0358. The van der Waals surface area contributed by atoms with Crippen LogP contribution >= 0.6 is 0 Å². The molecule has 2 aromatic rings. The average molecular weight is 423 g/mol. The topological polar surface area (TPSA) is 59.1 Å². The number of Topliss-reactive ketones (excluding diaryl/α,β-unsaturated/α-hetero) is 1. The number of aryl methyl sites for hydroxylation is 2. The molecule has 0 saturated carbocycles. The zero-order valence-corrected chi connectivity index (χ0v) is 18.4. The maximum absolute atomic E-state index is 12.6. The van der Waals surface area contributed by atoms with Crippen LogP contribution in [-0.4, -0.2) is 60.9 Å². The van der Waals surface area contributed by atoms with E-state index in [9.17, 15) is 9.59 Å². The fourth-order valence-corrected chi connectivity index (χ4v) is 4.04. The highest BCUT2D eigenvalue weighted by Gasteiger charge is 2.22. The van der Waals surface area contributed by atoms with E-state index in [-0.39, 0.29) is 24.5 Å². The number of amides is 1. The van der Waals surface area contributed by atoms with Crippen LogP contribution in [0.25, 0.3) is 0 Å². The summed E-state index contributed by atoms with van der Waals surface area (Å²) in [6, 6.07) is 11.8. The van der Waals surface area contributed by atoms with Crippen LogP contribution in [0.15, 0.2) is 36.4 Å². The van der Waals surface area contributed by atoms with E-state index in [1.807, 2.05) is 49.1 Å². The summed E-state index contributed by atoms with van der Waals surface area (Å²) in [4.78, 5) is 29.3.